The van der Waals surface area contributed by atoms with Crippen LogP contribution in [-0.2, 0) is 4.74 Å². The van der Waals surface area contributed by atoms with Crippen LogP contribution in [0.5, 0.6) is 0 Å². The SMILES string of the molecule is COC(=O)c1sccc1NC(=O)c1cc(Br)ccc1Br. The summed E-state index contributed by atoms with van der Waals surface area (Å²) in [5, 5.41) is 4.43. The van der Waals surface area contributed by atoms with Gasteiger partial charge in [0.15, 0.2) is 0 Å². The lowest BCUT2D eigenvalue weighted by molar-refractivity contribution is 0.0607. The zero-order valence-electron chi connectivity index (χ0n) is 10.3. The fraction of sp³-hybridized carbons (Fsp3) is 0.0769. The van der Waals surface area contributed by atoms with Crippen molar-refractivity contribution in [3.63, 3.8) is 0 Å². The minimum absolute atomic E-state index is 0.304. The molecule has 4 nitrogen and oxygen atoms in total. The Hall–Kier alpha value is -1.18. The molecule has 104 valence electrons. The number of rotatable bonds is 3. The van der Waals surface area contributed by atoms with E-state index in [1.165, 1.54) is 18.4 Å². The van der Waals surface area contributed by atoms with Crippen molar-refractivity contribution in [2.45, 2.75) is 0 Å². The van der Waals surface area contributed by atoms with Crippen LogP contribution in [0.2, 0.25) is 0 Å². The molecular weight excluding hydrogens is 410 g/mol. The average Bonchev–Trinajstić information content (AvgIpc) is 2.88. The molecule has 1 heterocycles. The number of amides is 1. The third kappa shape index (κ3) is 3.28. The van der Waals surface area contributed by atoms with Gasteiger partial charge in [0.05, 0.1) is 18.4 Å². The van der Waals surface area contributed by atoms with Crippen molar-refractivity contribution >= 4 is 60.8 Å². The van der Waals surface area contributed by atoms with Crippen molar-refractivity contribution in [2.24, 2.45) is 0 Å². The first-order valence-corrected chi connectivity index (χ1v) is 7.91. The summed E-state index contributed by atoms with van der Waals surface area (Å²) in [6, 6.07) is 6.96. The Morgan fingerprint density at radius 1 is 1.25 bits per heavy atom. The highest BCUT2D eigenvalue weighted by atomic mass is 79.9. The quantitative estimate of drug-likeness (QED) is 0.755. The molecule has 0 atom stereocenters. The van der Waals surface area contributed by atoms with Gasteiger partial charge in [0, 0.05) is 8.95 Å². The normalized spacial score (nSPS) is 10.2. The summed E-state index contributed by atoms with van der Waals surface area (Å²) in [5.41, 5.74) is 0.917. The molecule has 0 fully saturated rings. The van der Waals surface area contributed by atoms with Gasteiger partial charge in [0.2, 0.25) is 0 Å². The molecule has 0 saturated carbocycles. The summed E-state index contributed by atoms with van der Waals surface area (Å²) in [7, 11) is 1.30. The standard InChI is InChI=1S/C13H9Br2NO3S/c1-19-13(18)11-10(4-5-20-11)16-12(17)8-6-7(14)2-3-9(8)15/h2-6H,1H3,(H,16,17). The molecule has 0 bridgehead atoms. The molecule has 20 heavy (non-hydrogen) atoms. The largest absolute Gasteiger partial charge is 0.465 e. The molecule has 0 aliphatic rings. The second-order valence-corrected chi connectivity index (χ2v) is 6.42. The highest BCUT2D eigenvalue weighted by Gasteiger charge is 2.17. The molecule has 1 amide bonds. The van der Waals surface area contributed by atoms with Gasteiger partial charge in [-0.1, -0.05) is 15.9 Å². The number of anilines is 1. The molecule has 0 saturated heterocycles. The Bertz CT molecular complexity index is 669. The van der Waals surface area contributed by atoms with Gasteiger partial charge in [-0.25, -0.2) is 4.79 Å². The van der Waals surface area contributed by atoms with Gasteiger partial charge >= 0.3 is 5.97 Å². The van der Waals surface area contributed by atoms with Crippen LogP contribution in [0, 0.1) is 0 Å². The summed E-state index contributed by atoms with van der Waals surface area (Å²) < 4.78 is 6.14. The number of hydrogen-bond donors (Lipinski definition) is 1. The second kappa shape index (κ2) is 6.51. The smallest absolute Gasteiger partial charge is 0.350 e. The Morgan fingerprint density at radius 2 is 2.00 bits per heavy atom. The first-order valence-electron chi connectivity index (χ1n) is 5.45. The van der Waals surface area contributed by atoms with Crippen LogP contribution in [0.25, 0.3) is 0 Å². The monoisotopic (exact) mass is 417 g/mol. The van der Waals surface area contributed by atoms with Gasteiger partial charge in [0.25, 0.3) is 5.91 Å². The average molecular weight is 419 g/mol. The fourth-order valence-electron chi connectivity index (χ4n) is 1.52. The maximum Gasteiger partial charge on any atom is 0.350 e. The number of thiophene rings is 1. The third-order valence-electron chi connectivity index (χ3n) is 2.46. The molecular formula is C13H9Br2NO3S. The van der Waals surface area contributed by atoms with Crippen molar-refractivity contribution in [3.8, 4) is 0 Å². The number of carbonyl (C=O) groups is 2. The lowest BCUT2D eigenvalue weighted by Gasteiger charge is -2.07. The van der Waals surface area contributed by atoms with Crippen molar-refractivity contribution in [2.75, 3.05) is 12.4 Å². The summed E-state index contributed by atoms with van der Waals surface area (Å²) >= 11 is 7.86. The Kier molecular flexibility index (Phi) is 4.95. The van der Waals surface area contributed by atoms with E-state index in [0.717, 1.165) is 4.47 Å². The molecule has 0 unspecified atom stereocenters. The van der Waals surface area contributed by atoms with E-state index in [1.54, 1.807) is 23.6 Å². The predicted octanol–water partition coefficient (Wildman–Crippen LogP) is 4.31. The van der Waals surface area contributed by atoms with E-state index >= 15 is 0 Å². The number of carbonyl (C=O) groups excluding carboxylic acids is 2. The Morgan fingerprint density at radius 3 is 2.70 bits per heavy atom. The number of nitrogens with one attached hydrogen (secondary N) is 1. The molecule has 1 aromatic heterocycles. The number of benzene rings is 1. The van der Waals surface area contributed by atoms with E-state index in [9.17, 15) is 9.59 Å². The molecule has 7 heteroatoms. The van der Waals surface area contributed by atoms with Gasteiger partial charge in [-0.2, -0.15) is 0 Å². The molecule has 2 aromatic rings. The van der Waals surface area contributed by atoms with Crippen LogP contribution < -0.4 is 5.32 Å². The maximum absolute atomic E-state index is 12.2. The molecule has 1 aromatic carbocycles. The highest BCUT2D eigenvalue weighted by Crippen LogP contribution is 2.26. The minimum Gasteiger partial charge on any atom is -0.465 e. The Labute approximate surface area is 136 Å². The summed E-state index contributed by atoms with van der Waals surface area (Å²) in [6.07, 6.45) is 0. The lowest BCUT2D eigenvalue weighted by atomic mass is 10.2. The predicted molar refractivity (Wildman–Crippen MR) is 85.5 cm³/mol. The number of methoxy groups -OCH3 is 1. The van der Waals surface area contributed by atoms with Gasteiger partial charge < -0.3 is 10.1 Å². The molecule has 2 rings (SSSR count). The topological polar surface area (TPSA) is 55.4 Å². The summed E-state index contributed by atoms with van der Waals surface area (Å²) in [5.74, 6) is -0.773. The van der Waals surface area contributed by atoms with Crippen molar-refractivity contribution in [1.29, 1.82) is 0 Å². The van der Waals surface area contributed by atoms with E-state index in [2.05, 4.69) is 41.9 Å². The number of hydrogen-bond acceptors (Lipinski definition) is 4. The Balaban J connectivity index is 2.26. The first-order chi connectivity index (χ1) is 9.52. The van der Waals surface area contributed by atoms with Crippen LogP contribution in [-0.4, -0.2) is 19.0 Å². The first kappa shape index (κ1) is 15.2. The maximum atomic E-state index is 12.2. The van der Waals surface area contributed by atoms with Gasteiger partial charge in [0.1, 0.15) is 4.88 Å². The molecule has 1 N–H and O–H groups in total. The van der Waals surface area contributed by atoms with Gasteiger partial charge in [-0.3, -0.25) is 4.79 Å². The molecule has 0 aliphatic carbocycles. The van der Waals surface area contributed by atoms with Gasteiger partial charge in [-0.05, 0) is 45.6 Å². The molecule has 0 radical (unpaired) electrons. The van der Waals surface area contributed by atoms with Gasteiger partial charge in [-0.15, -0.1) is 11.3 Å². The number of halogens is 2. The number of ether oxygens (including phenoxy) is 1. The van der Waals surface area contributed by atoms with Crippen molar-refractivity contribution in [3.05, 3.63) is 49.0 Å². The van der Waals surface area contributed by atoms with Crippen molar-refractivity contribution < 1.29 is 14.3 Å². The summed E-state index contributed by atoms with van der Waals surface area (Å²) in [6.45, 7) is 0. The lowest BCUT2D eigenvalue weighted by Crippen LogP contribution is -2.14. The fourth-order valence-corrected chi connectivity index (χ4v) is 3.07. The zero-order valence-corrected chi connectivity index (χ0v) is 14.3. The minimum atomic E-state index is -0.469. The van der Waals surface area contributed by atoms with Crippen LogP contribution in [0.3, 0.4) is 0 Å². The van der Waals surface area contributed by atoms with Crippen LogP contribution in [0.4, 0.5) is 5.69 Å². The van der Waals surface area contributed by atoms with E-state index in [4.69, 9.17) is 0 Å². The molecule has 0 spiro atoms. The van der Waals surface area contributed by atoms with Crippen LogP contribution >= 0.6 is 43.2 Å². The number of esters is 1. The van der Waals surface area contributed by atoms with E-state index in [1.807, 2.05) is 6.07 Å². The van der Waals surface area contributed by atoms with E-state index in [-0.39, 0.29) is 5.91 Å². The third-order valence-corrected chi connectivity index (χ3v) is 4.54. The van der Waals surface area contributed by atoms with Crippen LogP contribution in [0.1, 0.15) is 20.0 Å². The second-order valence-electron chi connectivity index (χ2n) is 3.73. The summed E-state index contributed by atoms with van der Waals surface area (Å²) in [4.78, 5) is 24.2. The highest BCUT2D eigenvalue weighted by molar-refractivity contribution is 9.11. The van der Waals surface area contributed by atoms with Crippen molar-refractivity contribution in [1.82, 2.24) is 0 Å². The zero-order chi connectivity index (χ0) is 14.7. The van der Waals surface area contributed by atoms with E-state index in [0.29, 0.717) is 20.6 Å². The van der Waals surface area contributed by atoms with Crippen LogP contribution in [0.15, 0.2) is 38.6 Å². The van der Waals surface area contributed by atoms with E-state index < -0.39 is 5.97 Å². The molecule has 0 aliphatic heterocycles.